The Morgan fingerprint density at radius 3 is 2.75 bits per heavy atom. The van der Waals surface area contributed by atoms with Gasteiger partial charge in [0, 0.05) is 25.5 Å². The summed E-state index contributed by atoms with van der Waals surface area (Å²) in [5.41, 5.74) is 2.46. The monoisotopic (exact) mass is 216 g/mol. The highest BCUT2D eigenvalue weighted by molar-refractivity contribution is 5.39. The standard InChI is InChI=1S/C12H16N4/c1-9-4-6-13-8-11(9)10(2)15-12-5-7-14-16(12)3/h4-8,10,15H,1-3H3. The summed E-state index contributed by atoms with van der Waals surface area (Å²) in [6.07, 6.45) is 5.50. The lowest BCUT2D eigenvalue weighted by Crippen LogP contribution is -2.11. The summed E-state index contributed by atoms with van der Waals surface area (Å²) >= 11 is 0. The SMILES string of the molecule is Cc1ccncc1C(C)Nc1ccnn1C. The second-order valence-corrected chi connectivity index (χ2v) is 3.94. The van der Waals surface area contributed by atoms with Crippen LogP contribution in [0.2, 0.25) is 0 Å². The van der Waals surface area contributed by atoms with Crippen LogP contribution in [-0.2, 0) is 7.05 Å². The van der Waals surface area contributed by atoms with E-state index in [0.717, 1.165) is 5.82 Å². The first-order chi connectivity index (χ1) is 7.68. The molecule has 0 spiro atoms. The molecule has 0 aromatic carbocycles. The Kier molecular flexibility index (Phi) is 2.90. The molecule has 0 aliphatic heterocycles. The number of hydrogen-bond donors (Lipinski definition) is 1. The van der Waals surface area contributed by atoms with Crippen LogP contribution in [0, 0.1) is 6.92 Å². The van der Waals surface area contributed by atoms with E-state index in [1.807, 2.05) is 36.3 Å². The van der Waals surface area contributed by atoms with Crippen molar-refractivity contribution < 1.29 is 0 Å². The average Bonchev–Trinajstić information content (AvgIpc) is 2.65. The van der Waals surface area contributed by atoms with Crippen LogP contribution < -0.4 is 5.32 Å². The largest absolute Gasteiger partial charge is 0.364 e. The zero-order valence-electron chi connectivity index (χ0n) is 9.81. The fraction of sp³-hybridized carbons (Fsp3) is 0.333. The first-order valence-corrected chi connectivity index (χ1v) is 5.33. The van der Waals surface area contributed by atoms with Gasteiger partial charge in [0.25, 0.3) is 0 Å². The van der Waals surface area contributed by atoms with Gasteiger partial charge >= 0.3 is 0 Å². The van der Waals surface area contributed by atoms with E-state index in [4.69, 9.17) is 0 Å². The molecule has 2 aromatic rings. The Morgan fingerprint density at radius 1 is 1.31 bits per heavy atom. The molecular weight excluding hydrogens is 200 g/mol. The van der Waals surface area contributed by atoms with Crippen molar-refractivity contribution in [1.82, 2.24) is 14.8 Å². The zero-order valence-corrected chi connectivity index (χ0v) is 9.81. The smallest absolute Gasteiger partial charge is 0.124 e. The van der Waals surface area contributed by atoms with Crippen molar-refractivity contribution in [2.24, 2.45) is 7.05 Å². The van der Waals surface area contributed by atoms with Crippen molar-refractivity contribution in [1.29, 1.82) is 0 Å². The Bertz CT molecular complexity index is 475. The van der Waals surface area contributed by atoms with Crippen LogP contribution in [0.4, 0.5) is 5.82 Å². The quantitative estimate of drug-likeness (QED) is 0.856. The number of hydrogen-bond acceptors (Lipinski definition) is 3. The van der Waals surface area contributed by atoms with E-state index < -0.39 is 0 Å². The number of aryl methyl sites for hydroxylation is 2. The van der Waals surface area contributed by atoms with Gasteiger partial charge in [-0.3, -0.25) is 9.67 Å². The summed E-state index contributed by atoms with van der Waals surface area (Å²) in [6.45, 7) is 4.22. The summed E-state index contributed by atoms with van der Waals surface area (Å²) in [7, 11) is 1.92. The predicted molar refractivity (Wildman–Crippen MR) is 64.2 cm³/mol. The second kappa shape index (κ2) is 4.35. The lowest BCUT2D eigenvalue weighted by Gasteiger charge is -2.16. The van der Waals surface area contributed by atoms with Gasteiger partial charge in [-0.1, -0.05) is 0 Å². The van der Waals surface area contributed by atoms with Gasteiger partial charge < -0.3 is 5.32 Å². The molecule has 1 atom stereocenters. The van der Waals surface area contributed by atoms with Crippen molar-refractivity contribution >= 4 is 5.82 Å². The molecule has 0 aliphatic rings. The molecule has 16 heavy (non-hydrogen) atoms. The fourth-order valence-corrected chi connectivity index (χ4v) is 1.74. The molecule has 1 unspecified atom stereocenters. The number of anilines is 1. The normalized spacial score (nSPS) is 12.4. The van der Waals surface area contributed by atoms with E-state index in [9.17, 15) is 0 Å². The third kappa shape index (κ3) is 2.05. The molecule has 2 heterocycles. The molecule has 1 N–H and O–H groups in total. The van der Waals surface area contributed by atoms with Crippen LogP contribution in [0.3, 0.4) is 0 Å². The molecule has 0 bridgehead atoms. The molecule has 4 nitrogen and oxygen atoms in total. The number of pyridine rings is 1. The highest BCUT2D eigenvalue weighted by Gasteiger charge is 2.09. The van der Waals surface area contributed by atoms with E-state index in [-0.39, 0.29) is 6.04 Å². The summed E-state index contributed by atoms with van der Waals surface area (Å²) in [5, 5.41) is 7.53. The maximum absolute atomic E-state index is 4.16. The molecule has 0 amide bonds. The second-order valence-electron chi connectivity index (χ2n) is 3.94. The van der Waals surface area contributed by atoms with Gasteiger partial charge in [-0.2, -0.15) is 5.10 Å². The minimum atomic E-state index is 0.226. The van der Waals surface area contributed by atoms with Crippen molar-refractivity contribution in [3.8, 4) is 0 Å². The highest BCUT2D eigenvalue weighted by atomic mass is 15.3. The van der Waals surface area contributed by atoms with Crippen LogP contribution in [0.1, 0.15) is 24.1 Å². The molecule has 0 fully saturated rings. The molecule has 2 aromatic heterocycles. The molecule has 4 heteroatoms. The molecule has 0 saturated heterocycles. The predicted octanol–water partition coefficient (Wildman–Crippen LogP) is 2.30. The van der Waals surface area contributed by atoms with Crippen LogP contribution in [0.15, 0.2) is 30.7 Å². The van der Waals surface area contributed by atoms with Gasteiger partial charge in [0.1, 0.15) is 5.82 Å². The summed E-state index contributed by atoms with van der Waals surface area (Å²) in [6, 6.07) is 4.21. The highest BCUT2D eigenvalue weighted by Crippen LogP contribution is 2.20. The van der Waals surface area contributed by atoms with Crippen molar-refractivity contribution in [3.63, 3.8) is 0 Å². The van der Waals surface area contributed by atoms with E-state index in [1.165, 1.54) is 11.1 Å². The van der Waals surface area contributed by atoms with E-state index in [2.05, 4.69) is 29.2 Å². The third-order valence-electron chi connectivity index (χ3n) is 2.73. The molecule has 84 valence electrons. The van der Waals surface area contributed by atoms with E-state index >= 15 is 0 Å². The van der Waals surface area contributed by atoms with Crippen LogP contribution >= 0.6 is 0 Å². The molecule has 0 aliphatic carbocycles. The molecule has 0 saturated carbocycles. The van der Waals surface area contributed by atoms with Gasteiger partial charge in [-0.15, -0.1) is 0 Å². The Labute approximate surface area is 95.3 Å². The number of nitrogens with zero attached hydrogens (tertiary/aromatic N) is 3. The Balaban J connectivity index is 2.18. The van der Waals surface area contributed by atoms with Gasteiger partial charge in [0.05, 0.1) is 12.2 Å². The maximum Gasteiger partial charge on any atom is 0.124 e. The topological polar surface area (TPSA) is 42.7 Å². The third-order valence-corrected chi connectivity index (χ3v) is 2.73. The minimum absolute atomic E-state index is 0.226. The Hall–Kier alpha value is -1.84. The first-order valence-electron chi connectivity index (χ1n) is 5.33. The number of rotatable bonds is 3. The van der Waals surface area contributed by atoms with Crippen LogP contribution in [0.25, 0.3) is 0 Å². The summed E-state index contributed by atoms with van der Waals surface area (Å²) in [4.78, 5) is 4.16. The summed E-state index contributed by atoms with van der Waals surface area (Å²) in [5.74, 6) is 1.01. The van der Waals surface area contributed by atoms with Crippen LogP contribution in [-0.4, -0.2) is 14.8 Å². The van der Waals surface area contributed by atoms with Gasteiger partial charge in [-0.25, -0.2) is 0 Å². The average molecular weight is 216 g/mol. The fourth-order valence-electron chi connectivity index (χ4n) is 1.74. The minimum Gasteiger partial charge on any atom is -0.364 e. The van der Waals surface area contributed by atoms with E-state index in [0.29, 0.717) is 0 Å². The van der Waals surface area contributed by atoms with Gasteiger partial charge in [-0.05, 0) is 31.0 Å². The van der Waals surface area contributed by atoms with Crippen molar-refractivity contribution in [3.05, 3.63) is 41.9 Å². The van der Waals surface area contributed by atoms with Gasteiger partial charge in [0.15, 0.2) is 0 Å². The van der Waals surface area contributed by atoms with Crippen molar-refractivity contribution in [2.45, 2.75) is 19.9 Å². The van der Waals surface area contributed by atoms with Gasteiger partial charge in [0.2, 0.25) is 0 Å². The zero-order chi connectivity index (χ0) is 11.5. The van der Waals surface area contributed by atoms with Crippen molar-refractivity contribution in [2.75, 3.05) is 5.32 Å². The lowest BCUT2D eigenvalue weighted by atomic mass is 10.1. The number of aromatic nitrogens is 3. The molecule has 0 radical (unpaired) electrons. The summed E-state index contributed by atoms with van der Waals surface area (Å²) < 4.78 is 1.82. The molecular formula is C12H16N4. The first kappa shape index (κ1) is 10.7. The lowest BCUT2D eigenvalue weighted by molar-refractivity contribution is 0.748. The molecule has 2 rings (SSSR count). The number of nitrogens with one attached hydrogen (secondary N) is 1. The van der Waals surface area contributed by atoms with Crippen LogP contribution in [0.5, 0.6) is 0 Å². The van der Waals surface area contributed by atoms with E-state index in [1.54, 1.807) is 6.20 Å². The Morgan fingerprint density at radius 2 is 2.12 bits per heavy atom. The maximum atomic E-state index is 4.16.